The Labute approximate surface area is 172 Å². The van der Waals surface area contributed by atoms with Gasteiger partial charge in [0.1, 0.15) is 12.2 Å². The van der Waals surface area contributed by atoms with Gasteiger partial charge in [-0.2, -0.15) is 0 Å². The van der Waals surface area contributed by atoms with E-state index >= 15 is 0 Å². The molecule has 1 fully saturated rings. The molecule has 1 saturated heterocycles. The maximum absolute atomic E-state index is 12.1. The third kappa shape index (κ3) is 5.32. The molecule has 0 unspecified atom stereocenters. The molecule has 0 bridgehead atoms. The lowest BCUT2D eigenvalue weighted by Gasteiger charge is -2.46. The molecule has 166 valence electrons. The van der Waals surface area contributed by atoms with E-state index in [9.17, 15) is 34.8 Å². The lowest BCUT2D eigenvalue weighted by molar-refractivity contribution is -0.303. The lowest BCUT2D eigenvalue weighted by atomic mass is 9.88. The van der Waals surface area contributed by atoms with Crippen LogP contribution in [0, 0.1) is 0 Å². The molecule has 2 rings (SSSR count). The molecule has 0 aromatic heterocycles. The van der Waals surface area contributed by atoms with Crippen molar-refractivity contribution in [2.24, 2.45) is 0 Å². The van der Waals surface area contributed by atoms with E-state index in [0.29, 0.717) is 5.56 Å². The fraction of sp³-hybridized carbons (Fsp3) is 0.526. The van der Waals surface area contributed by atoms with Crippen LogP contribution in [-0.4, -0.2) is 88.1 Å². The first kappa shape index (κ1) is 23.7. The molecule has 1 aromatic carbocycles. The van der Waals surface area contributed by atoms with Crippen LogP contribution in [0.5, 0.6) is 0 Å². The number of carboxylic acids is 1. The van der Waals surface area contributed by atoms with Gasteiger partial charge in [0.15, 0.2) is 0 Å². The highest BCUT2D eigenvalue weighted by Gasteiger charge is 2.55. The van der Waals surface area contributed by atoms with Crippen LogP contribution in [0.15, 0.2) is 30.3 Å². The van der Waals surface area contributed by atoms with Gasteiger partial charge < -0.3 is 40.5 Å². The molecule has 0 saturated carbocycles. The first-order chi connectivity index (χ1) is 14.1. The molecule has 6 N–H and O–H groups in total. The number of nitrogens with one attached hydrogen (secondary N) is 2. The quantitative estimate of drug-likeness (QED) is 0.281. The second kappa shape index (κ2) is 9.96. The number of carbonyl (C=O) groups excluding carboxylic acids is 2. The molecule has 30 heavy (non-hydrogen) atoms. The number of benzene rings is 1. The van der Waals surface area contributed by atoms with Crippen LogP contribution < -0.4 is 10.6 Å². The van der Waals surface area contributed by atoms with Crippen molar-refractivity contribution in [2.75, 3.05) is 13.7 Å². The summed E-state index contributed by atoms with van der Waals surface area (Å²) in [5.74, 6) is -4.89. The van der Waals surface area contributed by atoms with Crippen molar-refractivity contribution in [1.82, 2.24) is 10.6 Å². The molecule has 0 spiro atoms. The van der Waals surface area contributed by atoms with E-state index in [4.69, 9.17) is 9.47 Å². The van der Waals surface area contributed by atoms with Crippen LogP contribution in [0.1, 0.15) is 23.7 Å². The number of methoxy groups -OCH3 is 1. The van der Waals surface area contributed by atoms with Gasteiger partial charge in [-0.25, -0.2) is 4.79 Å². The number of ether oxygens (including phenoxy) is 2. The van der Waals surface area contributed by atoms with Gasteiger partial charge in [-0.3, -0.25) is 9.59 Å². The highest BCUT2D eigenvalue weighted by molar-refractivity contribution is 5.94. The Bertz CT molecular complexity index is 760. The Kier molecular flexibility index (Phi) is 7.87. The summed E-state index contributed by atoms with van der Waals surface area (Å²) in [5, 5.41) is 45.7. The number of hydrogen-bond donors (Lipinski definition) is 6. The minimum absolute atomic E-state index is 0.337. The maximum atomic E-state index is 12.1. The van der Waals surface area contributed by atoms with Crippen molar-refractivity contribution in [2.45, 2.75) is 49.6 Å². The molecular formula is C19H26N2O9. The van der Waals surface area contributed by atoms with Crippen LogP contribution in [0.4, 0.5) is 0 Å². The number of carboxylic acid groups (broad SMARTS) is 1. The Balaban J connectivity index is 2.16. The summed E-state index contributed by atoms with van der Waals surface area (Å²) >= 11 is 0. The Hall–Kier alpha value is -2.57. The molecule has 1 aliphatic heterocycles. The summed E-state index contributed by atoms with van der Waals surface area (Å²) in [4.78, 5) is 35.3. The molecule has 6 atom stereocenters. The summed E-state index contributed by atoms with van der Waals surface area (Å²) in [6.07, 6.45) is -6.90. The molecule has 0 radical (unpaired) electrons. The average molecular weight is 426 g/mol. The van der Waals surface area contributed by atoms with E-state index < -0.39 is 67.0 Å². The largest absolute Gasteiger partial charge is 0.477 e. The fourth-order valence-electron chi connectivity index (χ4n) is 3.24. The maximum Gasteiger partial charge on any atom is 0.364 e. The molecule has 1 aromatic rings. The van der Waals surface area contributed by atoms with E-state index in [0.717, 1.165) is 7.11 Å². The summed E-state index contributed by atoms with van der Waals surface area (Å²) in [6.45, 7) is 0.771. The summed E-state index contributed by atoms with van der Waals surface area (Å²) in [7, 11) is 1.06. The van der Waals surface area contributed by atoms with E-state index in [1.54, 1.807) is 30.3 Å². The smallest absolute Gasteiger partial charge is 0.364 e. The molecule has 11 heteroatoms. The fourth-order valence-corrected chi connectivity index (χ4v) is 3.24. The highest BCUT2D eigenvalue weighted by atomic mass is 16.7. The van der Waals surface area contributed by atoms with Crippen molar-refractivity contribution in [1.29, 1.82) is 0 Å². The molecule has 2 amide bonds. The zero-order valence-electron chi connectivity index (χ0n) is 16.5. The van der Waals surface area contributed by atoms with Crippen LogP contribution in [-0.2, 0) is 19.1 Å². The number of carbonyl (C=O) groups is 3. The minimum atomic E-state index is -2.28. The monoisotopic (exact) mass is 426 g/mol. The van der Waals surface area contributed by atoms with Crippen LogP contribution in [0.25, 0.3) is 0 Å². The summed E-state index contributed by atoms with van der Waals surface area (Å²) < 4.78 is 10.3. The van der Waals surface area contributed by atoms with E-state index in [1.807, 2.05) is 0 Å². The topological polar surface area (TPSA) is 175 Å². The van der Waals surface area contributed by atoms with Crippen molar-refractivity contribution < 1.29 is 44.3 Å². The Morgan fingerprint density at radius 2 is 1.90 bits per heavy atom. The number of aliphatic hydroxyl groups is 3. The van der Waals surface area contributed by atoms with Crippen LogP contribution in [0.3, 0.4) is 0 Å². The number of hydrogen-bond acceptors (Lipinski definition) is 8. The van der Waals surface area contributed by atoms with E-state index in [-0.39, 0.29) is 0 Å². The van der Waals surface area contributed by atoms with Gasteiger partial charge in [0.2, 0.25) is 5.91 Å². The summed E-state index contributed by atoms with van der Waals surface area (Å²) in [5.41, 5.74) is 0.337. The van der Waals surface area contributed by atoms with Crippen LogP contribution >= 0.6 is 0 Å². The molecule has 11 nitrogen and oxygen atoms in total. The SMILES string of the molecule is CO[C@]1(C(=O)O)C[C@H](O)[C@@H](NC(C)=O)[C@H]([C@@H](O)[C@H](O)CNC(=O)c2ccccc2)O1. The Morgan fingerprint density at radius 1 is 1.27 bits per heavy atom. The van der Waals surface area contributed by atoms with Gasteiger partial charge in [0.05, 0.1) is 18.2 Å². The van der Waals surface area contributed by atoms with Crippen molar-refractivity contribution in [3.8, 4) is 0 Å². The average Bonchev–Trinajstić information content (AvgIpc) is 2.72. The zero-order chi connectivity index (χ0) is 22.5. The second-order valence-corrected chi connectivity index (χ2v) is 6.98. The van der Waals surface area contributed by atoms with Gasteiger partial charge in [0, 0.05) is 32.6 Å². The number of amides is 2. The number of aliphatic carboxylic acids is 1. The lowest BCUT2D eigenvalue weighted by Crippen LogP contribution is -2.68. The first-order valence-electron chi connectivity index (χ1n) is 9.22. The van der Waals surface area contributed by atoms with Gasteiger partial charge in [-0.05, 0) is 12.1 Å². The minimum Gasteiger partial charge on any atom is -0.477 e. The molecular weight excluding hydrogens is 400 g/mol. The predicted octanol–water partition coefficient (Wildman–Crippen LogP) is -1.78. The third-order valence-electron chi connectivity index (χ3n) is 4.84. The first-order valence-corrected chi connectivity index (χ1v) is 9.22. The van der Waals surface area contributed by atoms with Crippen molar-refractivity contribution in [3.05, 3.63) is 35.9 Å². The van der Waals surface area contributed by atoms with Gasteiger partial charge in [-0.1, -0.05) is 18.2 Å². The van der Waals surface area contributed by atoms with Gasteiger partial charge in [-0.15, -0.1) is 0 Å². The molecule has 0 aliphatic carbocycles. The Morgan fingerprint density at radius 3 is 2.43 bits per heavy atom. The van der Waals surface area contributed by atoms with Gasteiger partial charge in [0.25, 0.3) is 11.7 Å². The zero-order valence-corrected chi connectivity index (χ0v) is 16.5. The van der Waals surface area contributed by atoms with Crippen molar-refractivity contribution >= 4 is 17.8 Å². The second-order valence-electron chi connectivity index (χ2n) is 6.98. The summed E-state index contributed by atoms with van der Waals surface area (Å²) in [6, 6.07) is 6.95. The highest BCUT2D eigenvalue weighted by Crippen LogP contribution is 2.32. The standard InChI is InChI=1S/C19H26N2O9/c1-10(22)21-14-12(23)8-19(29-2,18(27)28)30-16(14)15(25)13(24)9-20-17(26)11-6-4-3-5-7-11/h3-7,12-16,23-25H,8-9H2,1-2H3,(H,20,26)(H,21,22)(H,27,28)/t12-,13+,14+,15-,16+,19+/m0/s1. The van der Waals surface area contributed by atoms with Crippen molar-refractivity contribution in [3.63, 3.8) is 0 Å². The number of rotatable bonds is 8. The predicted molar refractivity (Wildman–Crippen MR) is 101 cm³/mol. The normalized spacial score (nSPS) is 28.2. The van der Waals surface area contributed by atoms with Gasteiger partial charge >= 0.3 is 5.97 Å². The van der Waals surface area contributed by atoms with E-state index in [2.05, 4.69) is 10.6 Å². The van der Waals surface area contributed by atoms with Crippen LogP contribution in [0.2, 0.25) is 0 Å². The molecule has 1 aliphatic rings. The third-order valence-corrected chi connectivity index (χ3v) is 4.84. The number of aliphatic hydroxyl groups excluding tert-OH is 3. The van der Waals surface area contributed by atoms with E-state index in [1.165, 1.54) is 6.92 Å². The molecule has 1 heterocycles.